The van der Waals surface area contributed by atoms with Crippen molar-refractivity contribution in [1.29, 1.82) is 0 Å². The molecule has 124 valence electrons. The predicted molar refractivity (Wildman–Crippen MR) is 86.0 cm³/mol. The first-order valence-corrected chi connectivity index (χ1v) is 7.02. The zero-order valence-electron chi connectivity index (χ0n) is 12.3. The van der Waals surface area contributed by atoms with E-state index in [1.165, 1.54) is 13.3 Å². The third kappa shape index (κ3) is 4.12. The van der Waals surface area contributed by atoms with E-state index in [4.69, 9.17) is 11.6 Å². The van der Waals surface area contributed by atoms with Gasteiger partial charge in [0, 0.05) is 17.8 Å². The van der Waals surface area contributed by atoms with Crippen molar-refractivity contribution >= 4 is 36.1 Å². The number of amides is 1. The molecule has 2 rings (SSSR count). The Balaban J connectivity index is 0.00000242. The molecule has 22 heavy (non-hydrogen) atoms. The first-order valence-electron chi connectivity index (χ1n) is 6.64. The van der Waals surface area contributed by atoms with Gasteiger partial charge in [-0.25, -0.2) is 4.39 Å². The maximum Gasteiger partial charge on any atom is 0.268 e. The first-order chi connectivity index (χ1) is 10.0. The number of nitrogens with zero attached hydrogens (tertiary/aromatic N) is 1. The van der Waals surface area contributed by atoms with Gasteiger partial charge in [0.1, 0.15) is 19.0 Å². The predicted octanol–water partition coefficient (Wildman–Crippen LogP) is 1.81. The summed E-state index contributed by atoms with van der Waals surface area (Å²) in [5.41, 5.74) is 1.32. The van der Waals surface area contributed by atoms with E-state index in [1.54, 1.807) is 6.92 Å². The molecule has 0 aromatic carbocycles. The van der Waals surface area contributed by atoms with Crippen molar-refractivity contribution in [3.05, 3.63) is 22.0 Å². The summed E-state index contributed by atoms with van der Waals surface area (Å²) in [5.74, 6) is -0.405. The van der Waals surface area contributed by atoms with E-state index in [0.29, 0.717) is 29.2 Å². The lowest BCUT2D eigenvalue weighted by molar-refractivity contribution is 0.0887. The quantitative estimate of drug-likeness (QED) is 0.571. The fourth-order valence-electron chi connectivity index (χ4n) is 2.25. The van der Waals surface area contributed by atoms with Crippen molar-refractivity contribution in [3.8, 4) is 0 Å². The highest BCUT2D eigenvalue weighted by Gasteiger charge is 2.28. The van der Waals surface area contributed by atoms with E-state index < -0.39 is 18.1 Å². The molecule has 1 amide bonds. The van der Waals surface area contributed by atoms with Crippen molar-refractivity contribution in [2.45, 2.75) is 25.6 Å². The molecule has 1 aliphatic heterocycles. The number of carbonyl (C=O) groups is 1. The summed E-state index contributed by atoms with van der Waals surface area (Å²) in [4.78, 5) is 19.8. The van der Waals surface area contributed by atoms with Crippen LogP contribution in [0.25, 0.3) is 0 Å². The molecule has 0 aliphatic carbocycles. The minimum Gasteiger partial charge on any atom is -0.399 e. The van der Waals surface area contributed by atoms with Crippen molar-refractivity contribution in [2.24, 2.45) is 5.16 Å². The maximum absolute atomic E-state index is 13.8. The van der Waals surface area contributed by atoms with Gasteiger partial charge in [0.15, 0.2) is 0 Å². The molecular formula is C13H19Cl2FN4O2. The summed E-state index contributed by atoms with van der Waals surface area (Å²) in [6.07, 6.45) is 0.795. The monoisotopic (exact) mass is 352 g/mol. The summed E-state index contributed by atoms with van der Waals surface area (Å²) in [5, 5.41) is 9.65. The molecule has 1 aromatic rings. The molecule has 1 fully saturated rings. The second kappa shape index (κ2) is 8.36. The fourth-order valence-corrected chi connectivity index (χ4v) is 2.44. The van der Waals surface area contributed by atoms with Crippen LogP contribution in [0.3, 0.4) is 0 Å². The number of hydrogen-bond donors (Lipinski definition) is 3. The molecule has 0 unspecified atom stereocenters. The zero-order chi connectivity index (χ0) is 15.4. The van der Waals surface area contributed by atoms with Gasteiger partial charge in [-0.15, -0.1) is 12.4 Å². The summed E-state index contributed by atoms with van der Waals surface area (Å²) in [7, 11) is 1.40. The Morgan fingerprint density at radius 2 is 2.32 bits per heavy atom. The van der Waals surface area contributed by atoms with E-state index in [1.807, 2.05) is 0 Å². The highest BCUT2D eigenvalue weighted by Crippen LogP contribution is 2.23. The van der Waals surface area contributed by atoms with E-state index >= 15 is 0 Å². The van der Waals surface area contributed by atoms with Gasteiger partial charge < -0.3 is 20.5 Å². The smallest absolute Gasteiger partial charge is 0.268 e. The summed E-state index contributed by atoms with van der Waals surface area (Å²) >= 11 is 6.12. The third-order valence-corrected chi connectivity index (χ3v) is 3.87. The Bertz CT molecular complexity index is 550. The van der Waals surface area contributed by atoms with Gasteiger partial charge in [0.25, 0.3) is 5.91 Å². The van der Waals surface area contributed by atoms with Crippen molar-refractivity contribution < 1.29 is 14.0 Å². The van der Waals surface area contributed by atoms with Gasteiger partial charge in [-0.1, -0.05) is 16.8 Å². The average molecular weight is 353 g/mol. The number of halogens is 3. The molecular weight excluding hydrogens is 334 g/mol. The van der Waals surface area contributed by atoms with Gasteiger partial charge in [-0.3, -0.25) is 4.79 Å². The molecule has 9 heteroatoms. The number of oxime groups is 1. The molecule has 3 N–H and O–H groups in total. The topological polar surface area (TPSA) is 78.5 Å². The van der Waals surface area contributed by atoms with Gasteiger partial charge in [-0.05, 0) is 19.9 Å². The lowest BCUT2D eigenvalue weighted by atomic mass is 10.0. The molecule has 6 nitrogen and oxygen atoms in total. The molecule has 1 saturated heterocycles. The molecule has 2 atom stereocenters. The highest BCUT2D eigenvalue weighted by atomic mass is 35.5. The average Bonchev–Trinajstić information content (AvgIpc) is 2.75. The van der Waals surface area contributed by atoms with E-state index in [-0.39, 0.29) is 24.6 Å². The standard InChI is InChI=1S/C13H18ClFN4O2.ClH/c1-7-11(14)8(5-17-21-2)12(18-7)13(20)19-10-3-4-16-6-9(10)15;/h5,9-10,16,18H,3-4,6H2,1-2H3,(H,19,20);1H/b17-5+;/t9-,10+;/m0./s1. The molecule has 0 spiro atoms. The molecule has 0 radical (unpaired) electrons. The van der Waals surface area contributed by atoms with E-state index in [0.717, 1.165) is 0 Å². The summed E-state index contributed by atoms with van der Waals surface area (Å²) in [6.45, 7) is 2.66. The van der Waals surface area contributed by atoms with E-state index in [2.05, 4.69) is 25.6 Å². The van der Waals surface area contributed by atoms with Crippen LogP contribution in [-0.2, 0) is 4.84 Å². The second-order valence-electron chi connectivity index (χ2n) is 4.86. The van der Waals surface area contributed by atoms with Gasteiger partial charge in [0.05, 0.1) is 17.3 Å². The Morgan fingerprint density at radius 1 is 1.59 bits per heavy atom. The lowest BCUT2D eigenvalue weighted by Gasteiger charge is -2.27. The minimum atomic E-state index is -1.11. The van der Waals surface area contributed by atoms with Crippen molar-refractivity contribution in [1.82, 2.24) is 15.6 Å². The Labute approximate surface area is 139 Å². The number of hydrogen-bond acceptors (Lipinski definition) is 4. The van der Waals surface area contributed by atoms with Crippen LogP contribution in [0, 0.1) is 6.92 Å². The Hall–Kier alpha value is -1.31. The maximum atomic E-state index is 13.8. The third-order valence-electron chi connectivity index (χ3n) is 3.39. The number of H-pyrrole nitrogens is 1. The zero-order valence-corrected chi connectivity index (χ0v) is 13.9. The second-order valence-corrected chi connectivity index (χ2v) is 5.24. The molecule has 2 heterocycles. The number of aromatic amines is 1. The number of carbonyl (C=O) groups excluding carboxylic acids is 1. The number of aryl methyl sites for hydroxylation is 1. The highest BCUT2D eigenvalue weighted by molar-refractivity contribution is 6.34. The van der Waals surface area contributed by atoms with Gasteiger partial charge in [0.2, 0.25) is 0 Å². The van der Waals surface area contributed by atoms with Crippen LogP contribution >= 0.6 is 24.0 Å². The number of nitrogens with one attached hydrogen (secondary N) is 3. The van der Waals surface area contributed by atoms with Crippen LogP contribution < -0.4 is 10.6 Å². The van der Waals surface area contributed by atoms with Crippen LogP contribution in [0.1, 0.15) is 28.2 Å². The number of piperidine rings is 1. The lowest BCUT2D eigenvalue weighted by Crippen LogP contribution is -2.51. The number of rotatable bonds is 4. The Kier molecular flexibility index (Phi) is 7.12. The minimum absolute atomic E-state index is 0. The van der Waals surface area contributed by atoms with Crippen LogP contribution in [-0.4, -0.2) is 49.5 Å². The summed E-state index contributed by atoms with van der Waals surface area (Å²) in [6, 6.07) is -0.506. The van der Waals surface area contributed by atoms with E-state index in [9.17, 15) is 9.18 Å². The van der Waals surface area contributed by atoms with Gasteiger partial charge in [-0.2, -0.15) is 0 Å². The largest absolute Gasteiger partial charge is 0.399 e. The summed E-state index contributed by atoms with van der Waals surface area (Å²) < 4.78 is 13.8. The van der Waals surface area contributed by atoms with Crippen LogP contribution in [0.4, 0.5) is 4.39 Å². The van der Waals surface area contributed by atoms with Gasteiger partial charge >= 0.3 is 0 Å². The molecule has 1 aliphatic rings. The normalized spacial score (nSPS) is 21.5. The Morgan fingerprint density at radius 3 is 2.95 bits per heavy atom. The van der Waals surface area contributed by atoms with Crippen LogP contribution in [0.15, 0.2) is 5.16 Å². The number of alkyl halides is 1. The van der Waals surface area contributed by atoms with Crippen LogP contribution in [0.2, 0.25) is 5.02 Å². The molecule has 0 saturated carbocycles. The molecule has 1 aromatic heterocycles. The fraction of sp³-hybridized carbons (Fsp3) is 0.538. The van der Waals surface area contributed by atoms with Crippen molar-refractivity contribution in [3.63, 3.8) is 0 Å². The first kappa shape index (κ1) is 18.7. The number of aromatic nitrogens is 1. The van der Waals surface area contributed by atoms with Crippen molar-refractivity contribution in [2.75, 3.05) is 20.2 Å². The van der Waals surface area contributed by atoms with Crippen LogP contribution in [0.5, 0.6) is 0 Å². The SMILES string of the molecule is CO/N=C/c1c(C(=O)N[C@@H]2CCNC[C@@H]2F)[nH]c(C)c1Cl.Cl. The molecule has 0 bridgehead atoms.